The van der Waals surface area contributed by atoms with Crippen LogP contribution in [-0.4, -0.2) is 16.0 Å². The van der Waals surface area contributed by atoms with Crippen molar-refractivity contribution in [2.24, 2.45) is 5.92 Å². The van der Waals surface area contributed by atoms with E-state index in [4.69, 9.17) is 4.52 Å². The van der Waals surface area contributed by atoms with Crippen molar-refractivity contribution in [1.82, 2.24) is 10.1 Å². The second-order valence-electron chi connectivity index (χ2n) is 4.73. The summed E-state index contributed by atoms with van der Waals surface area (Å²) in [6.07, 6.45) is 1.68. The van der Waals surface area contributed by atoms with E-state index in [-0.39, 0.29) is 11.8 Å². The van der Waals surface area contributed by atoms with E-state index in [1.807, 2.05) is 38.1 Å². The Hall–Kier alpha value is -2.17. The number of amides is 1. The van der Waals surface area contributed by atoms with Crippen molar-refractivity contribution in [1.29, 1.82) is 0 Å². The van der Waals surface area contributed by atoms with Crippen molar-refractivity contribution in [2.75, 3.05) is 5.32 Å². The Balaban J connectivity index is 2.16. The first-order valence-electron chi connectivity index (χ1n) is 6.85. The lowest BCUT2D eigenvalue weighted by molar-refractivity contribution is -0.120. The topological polar surface area (TPSA) is 68.0 Å². The Labute approximate surface area is 118 Å². The van der Waals surface area contributed by atoms with Crippen LogP contribution < -0.4 is 5.32 Å². The van der Waals surface area contributed by atoms with Crippen molar-refractivity contribution in [3.05, 3.63) is 30.1 Å². The first-order valence-corrected chi connectivity index (χ1v) is 6.85. The fourth-order valence-electron chi connectivity index (χ4n) is 2.05. The number of nitrogens with zero attached hydrogens (tertiary/aromatic N) is 2. The maximum atomic E-state index is 12.1. The molecular weight excluding hydrogens is 254 g/mol. The van der Waals surface area contributed by atoms with Crippen molar-refractivity contribution < 1.29 is 9.32 Å². The highest BCUT2D eigenvalue weighted by Crippen LogP contribution is 2.21. The monoisotopic (exact) mass is 273 g/mol. The lowest BCUT2D eigenvalue weighted by Gasteiger charge is -2.12. The van der Waals surface area contributed by atoms with Gasteiger partial charge >= 0.3 is 0 Å². The van der Waals surface area contributed by atoms with Gasteiger partial charge in [0.1, 0.15) is 0 Å². The smallest absolute Gasteiger partial charge is 0.257 e. The molecule has 2 rings (SSSR count). The fraction of sp³-hybridized carbons (Fsp3) is 0.400. The predicted octanol–water partition coefficient (Wildman–Crippen LogP) is 3.42. The molecule has 5 heteroatoms. The van der Waals surface area contributed by atoms with E-state index in [1.54, 1.807) is 6.92 Å². The summed E-state index contributed by atoms with van der Waals surface area (Å²) >= 11 is 0. The molecule has 2 aromatic rings. The minimum atomic E-state index is 0.0457. The summed E-state index contributed by atoms with van der Waals surface area (Å²) in [6, 6.07) is 7.43. The average molecular weight is 273 g/mol. The van der Waals surface area contributed by atoms with E-state index < -0.39 is 0 Å². The predicted molar refractivity (Wildman–Crippen MR) is 77.2 cm³/mol. The number of carbonyl (C=O) groups is 1. The number of carbonyl (C=O) groups excluding carboxylic acids is 1. The Morgan fingerprint density at radius 1 is 1.35 bits per heavy atom. The molecule has 1 aromatic heterocycles. The molecule has 1 amide bonds. The van der Waals surface area contributed by atoms with Gasteiger partial charge in [-0.25, -0.2) is 0 Å². The summed E-state index contributed by atoms with van der Waals surface area (Å²) in [5, 5.41) is 6.70. The molecular formula is C15H19N3O2. The molecule has 20 heavy (non-hydrogen) atoms. The largest absolute Gasteiger partial charge is 0.334 e. The Morgan fingerprint density at radius 2 is 2.10 bits per heavy atom. The van der Waals surface area contributed by atoms with Gasteiger partial charge < -0.3 is 9.84 Å². The molecule has 0 radical (unpaired) electrons. The minimum Gasteiger partial charge on any atom is -0.334 e. The standard InChI is InChI=1S/C15H19N3O2/c1-4-11(5-2)14(19)17-13-8-6-7-12(9-13)15-16-10(3)18-20-15/h6-9,11H,4-5H2,1-3H3,(H,17,19). The normalized spacial score (nSPS) is 10.8. The number of rotatable bonds is 5. The molecule has 106 valence electrons. The van der Waals surface area contributed by atoms with Crippen molar-refractivity contribution in [3.63, 3.8) is 0 Å². The first kappa shape index (κ1) is 14.2. The molecule has 1 heterocycles. The maximum Gasteiger partial charge on any atom is 0.257 e. The van der Waals surface area contributed by atoms with Crippen LogP contribution in [0.25, 0.3) is 11.5 Å². The zero-order valence-corrected chi connectivity index (χ0v) is 12.0. The molecule has 0 atom stereocenters. The average Bonchev–Trinajstić information content (AvgIpc) is 2.87. The van der Waals surface area contributed by atoms with E-state index in [1.165, 1.54) is 0 Å². The van der Waals surface area contributed by atoms with E-state index in [0.717, 1.165) is 24.1 Å². The third-order valence-corrected chi connectivity index (χ3v) is 3.26. The minimum absolute atomic E-state index is 0.0457. The van der Waals surface area contributed by atoms with E-state index >= 15 is 0 Å². The van der Waals surface area contributed by atoms with Crippen LogP contribution in [0.15, 0.2) is 28.8 Å². The molecule has 0 bridgehead atoms. The number of benzene rings is 1. The van der Waals surface area contributed by atoms with Crippen LogP contribution in [0.4, 0.5) is 5.69 Å². The van der Waals surface area contributed by atoms with Gasteiger partial charge in [-0.1, -0.05) is 25.1 Å². The fourth-order valence-corrected chi connectivity index (χ4v) is 2.05. The van der Waals surface area contributed by atoms with E-state index in [2.05, 4.69) is 15.5 Å². The van der Waals surface area contributed by atoms with Crippen LogP contribution in [0.5, 0.6) is 0 Å². The summed E-state index contributed by atoms with van der Waals surface area (Å²) in [5.74, 6) is 1.14. The molecule has 1 N–H and O–H groups in total. The molecule has 1 aromatic carbocycles. The third kappa shape index (κ3) is 3.23. The number of aryl methyl sites for hydroxylation is 1. The van der Waals surface area contributed by atoms with Gasteiger partial charge in [0, 0.05) is 17.2 Å². The van der Waals surface area contributed by atoms with Crippen LogP contribution in [0.3, 0.4) is 0 Å². The van der Waals surface area contributed by atoms with E-state index in [9.17, 15) is 4.79 Å². The summed E-state index contributed by atoms with van der Waals surface area (Å²) in [5.41, 5.74) is 1.54. The van der Waals surface area contributed by atoms with Gasteiger partial charge in [-0.05, 0) is 38.0 Å². The Morgan fingerprint density at radius 3 is 2.70 bits per heavy atom. The number of anilines is 1. The molecule has 0 saturated heterocycles. The van der Waals surface area contributed by atoms with Gasteiger partial charge in [-0.2, -0.15) is 4.98 Å². The highest BCUT2D eigenvalue weighted by atomic mass is 16.5. The molecule has 0 saturated carbocycles. The van der Waals surface area contributed by atoms with Gasteiger partial charge in [0.15, 0.2) is 5.82 Å². The molecule has 0 aliphatic carbocycles. The number of hydrogen-bond acceptors (Lipinski definition) is 4. The summed E-state index contributed by atoms with van der Waals surface area (Å²) < 4.78 is 5.13. The van der Waals surface area contributed by atoms with Gasteiger partial charge in [0.05, 0.1) is 0 Å². The molecule has 5 nitrogen and oxygen atoms in total. The van der Waals surface area contributed by atoms with Gasteiger partial charge in [-0.3, -0.25) is 4.79 Å². The van der Waals surface area contributed by atoms with Crippen LogP contribution >= 0.6 is 0 Å². The summed E-state index contributed by atoms with van der Waals surface area (Å²) in [4.78, 5) is 16.2. The first-order chi connectivity index (χ1) is 9.63. The number of nitrogens with one attached hydrogen (secondary N) is 1. The van der Waals surface area contributed by atoms with Crippen molar-refractivity contribution in [2.45, 2.75) is 33.6 Å². The van der Waals surface area contributed by atoms with Crippen LogP contribution in [0.2, 0.25) is 0 Å². The number of aromatic nitrogens is 2. The van der Waals surface area contributed by atoms with Gasteiger partial charge in [0.2, 0.25) is 5.91 Å². The SMILES string of the molecule is CCC(CC)C(=O)Nc1cccc(-c2nc(C)no2)c1. The molecule has 0 spiro atoms. The van der Waals surface area contributed by atoms with Gasteiger partial charge in [-0.15, -0.1) is 0 Å². The summed E-state index contributed by atoms with van der Waals surface area (Å²) in [6.45, 7) is 5.81. The van der Waals surface area contributed by atoms with Crippen molar-refractivity contribution >= 4 is 11.6 Å². The van der Waals surface area contributed by atoms with Crippen LogP contribution in [-0.2, 0) is 4.79 Å². The van der Waals surface area contributed by atoms with Crippen molar-refractivity contribution in [3.8, 4) is 11.5 Å². The third-order valence-electron chi connectivity index (χ3n) is 3.26. The highest BCUT2D eigenvalue weighted by Gasteiger charge is 2.14. The lowest BCUT2D eigenvalue weighted by atomic mass is 10.0. The second kappa shape index (κ2) is 6.32. The lowest BCUT2D eigenvalue weighted by Crippen LogP contribution is -2.21. The second-order valence-corrected chi connectivity index (χ2v) is 4.73. The molecule has 0 fully saturated rings. The maximum absolute atomic E-state index is 12.1. The van der Waals surface area contributed by atoms with Gasteiger partial charge in [0.25, 0.3) is 5.89 Å². The number of hydrogen-bond donors (Lipinski definition) is 1. The highest BCUT2D eigenvalue weighted by molar-refractivity contribution is 5.93. The van der Waals surface area contributed by atoms with Crippen LogP contribution in [0, 0.1) is 12.8 Å². The zero-order valence-electron chi connectivity index (χ0n) is 12.0. The Kier molecular flexibility index (Phi) is 4.50. The zero-order chi connectivity index (χ0) is 14.5. The quantitative estimate of drug-likeness (QED) is 0.906. The summed E-state index contributed by atoms with van der Waals surface area (Å²) in [7, 11) is 0. The Bertz CT molecular complexity index is 588. The van der Waals surface area contributed by atoms with Crippen LogP contribution in [0.1, 0.15) is 32.5 Å². The molecule has 0 aliphatic rings. The molecule has 0 unspecified atom stereocenters. The molecule has 0 aliphatic heterocycles. The van der Waals surface area contributed by atoms with E-state index in [0.29, 0.717) is 11.7 Å².